The molecule has 0 spiro atoms. The summed E-state index contributed by atoms with van der Waals surface area (Å²) < 4.78 is 0. The van der Waals surface area contributed by atoms with Crippen LogP contribution in [0.3, 0.4) is 0 Å². The molecule has 1 N–H and O–H groups in total. The fourth-order valence-electron chi connectivity index (χ4n) is 3.63. The van der Waals surface area contributed by atoms with Crippen LogP contribution in [0.5, 0.6) is 0 Å². The molecule has 21 heavy (non-hydrogen) atoms. The van der Waals surface area contributed by atoms with E-state index in [1.165, 1.54) is 49.8 Å². The SMILES string of the molecule is CNC(CCN(C)C1CCC(C)CC1)c1ccccc1C. The van der Waals surface area contributed by atoms with Gasteiger partial charge in [-0.25, -0.2) is 0 Å². The van der Waals surface area contributed by atoms with Gasteiger partial charge >= 0.3 is 0 Å². The van der Waals surface area contributed by atoms with E-state index < -0.39 is 0 Å². The molecule has 0 aliphatic heterocycles. The molecular formula is C19H32N2. The van der Waals surface area contributed by atoms with E-state index in [2.05, 4.69) is 62.4 Å². The molecule has 1 atom stereocenters. The van der Waals surface area contributed by atoms with E-state index in [0.29, 0.717) is 6.04 Å². The Balaban J connectivity index is 1.87. The van der Waals surface area contributed by atoms with E-state index in [0.717, 1.165) is 12.0 Å². The lowest BCUT2D eigenvalue weighted by molar-refractivity contribution is 0.164. The number of hydrogen-bond acceptors (Lipinski definition) is 2. The van der Waals surface area contributed by atoms with Crippen LogP contribution >= 0.6 is 0 Å². The zero-order valence-electron chi connectivity index (χ0n) is 14.2. The molecule has 2 rings (SSSR count). The third-order valence-corrected chi connectivity index (χ3v) is 5.29. The van der Waals surface area contributed by atoms with E-state index in [9.17, 15) is 0 Å². The first-order chi connectivity index (χ1) is 10.1. The molecular weight excluding hydrogens is 256 g/mol. The summed E-state index contributed by atoms with van der Waals surface area (Å²) in [5.74, 6) is 0.937. The van der Waals surface area contributed by atoms with Gasteiger partial charge in [-0.2, -0.15) is 0 Å². The summed E-state index contributed by atoms with van der Waals surface area (Å²) in [5.41, 5.74) is 2.84. The lowest BCUT2D eigenvalue weighted by atomic mass is 9.86. The highest BCUT2D eigenvalue weighted by molar-refractivity contribution is 5.28. The Kier molecular flexibility index (Phi) is 6.25. The maximum atomic E-state index is 3.50. The first-order valence-electron chi connectivity index (χ1n) is 8.54. The van der Waals surface area contributed by atoms with E-state index >= 15 is 0 Å². The molecule has 118 valence electrons. The van der Waals surface area contributed by atoms with Crippen LogP contribution in [0.15, 0.2) is 24.3 Å². The van der Waals surface area contributed by atoms with Gasteiger partial charge in [-0.15, -0.1) is 0 Å². The van der Waals surface area contributed by atoms with Crippen molar-refractivity contribution in [3.63, 3.8) is 0 Å². The molecule has 0 aromatic heterocycles. The second-order valence-electron chi connectivity index (χ2n) is 6.88. The molecule has 1 fully saturated rings. The molecule has 1 aliphatic carbocycles. The average molecular weight is 288 g/mol. The van der Waals surface area contributed by atoms with Crippen molar-refractivity contribution in [2.45, 2.75) is 58.0 Å². The highest BCUT2D eigenvalue weighted by Gasteiger charge is 2.22. The predicted molar refractivity (Wildman–Crippen MR) is 91.6 cm³/mol. The first-order valence-corrected chi connectivity index (χ1v) is 8.54. The summed E-state index contributed by atoms with van der Waals surface area (Å²) in [7, 11) is 4.39. The van der Waals surface area contributed by atoms with Crippen LogP contribution in [0.4, 0.5) is 0 Å². The van der Waals surface area contributed by atoms with Crippen molar-refractivity contribution in [2.24, 2.45) is 5.92 Å². The Morgan fingerprint density at radius 3 is 2.48 bits per heavy atom. The minimum atomic E-state index is 0.469. The van der Waals surface area contributed by atoms with Crippen LogP contribution in [-0.4, -0.2) is 31.6 Å². The summed E-state index contributed by atoms with van der Waals surface area (Å²) >= 11 is 0. The molecule has 0 amide bonds. The van der Waals surface area contributed by atoms with Gasteiger partial charge in [0, 0.05) is 12.1 Å². The minimum Gasteiger partial charge on any atom is -0.313 e. The molecule has 0 heterocycles. The Labute approximate surface area is 130 Å². The maximum Gasteiger partial charge on any atom is 0.0332 e. The van der Waals surface area contributed by atoms with E-state index in [1.807, 2.05) is 0 Å². The maximum absolute atomic E-state index is 3.50. The van der Waals surface area contributed by atoms with Gasteiger partial charge in [0.1, 0.15) is 0 Å². The minimum absolute atomic E-state index is 0.469. The third kappa shape index (κ3) is 4.55. The highest BCUT2D eigenvalue weighted by atomic mass is 15.1. The standard InChI is InChI=1S/C19H32N2/c1-15-9-11-17(12-10-15)21(4)14-13-19(20-3)18-8-6-5-7-16(18)2/h5-8,15,17,19-20H,9-14H2,1-4H3. The van der Waals surface area contributed by atoms with Crippen molar-refractivity contribution >= 4 is 0 Å². The van der Waals surface area contributed by atoms with Gasteiger partial charge < -0.3 is 10.2 Å². The first kappa shape index (κ1) is 16.5. The molecule has 1 saturated carbocycles. The predicted octanol–water partition coefficient (Wildman–Crippen LogP) is 4.16. The fraction of sp³-hybridized carbons (Fsp3) is 0.684. The topological polar surface area (TPSA) is 15.3 Å². The van der Waals surface area contributed by atoms with Gasteiger partial charge in [-0.3, -0.25) is 0 Å². The van der Waals surface area contributed by atoms with Crippen molar-refractivity contribution in [1.82, 2.24) is 10.2 Å². The van der Waals surface area contributed by atoms with Gasteiger partial charge in [-0.05, 0) is 76.7 Å². The number of rotatable bonds is 6. The van der Waals surface area contributed by atoms with Crippen LogP contribution in [0.1, 0.15) is 56.2 Å². The van der Waals surface area contributed by atoms with Crippen LogP contribution in [0, 0.1) is 12.8 Å². The van der Waals surface area contributed by atoms with E-state index in [-0.39, 0.29) is 0 Å². The Morgan fingerprint density at radius 1 is 1.19 bits per heavy atom. The van der Waals surface area contributed by atoms with Crippen LogP contribution < -0.4 is 5.32 Å². The molecule has 1 aromatic carbocycles. The molecule has 2 nitrogen and oxygen atoms in total. The molecule has 0 radical (unpaired) electrons. The highest BCUT2D eigenvalue weighted by Crippen LogP contribution is 2.27. The zero-order valence-corrected chi connectivity index (χ0v) is 14.2. The van der Waals surface area contributed by atoms with Gasteiger partial charge in [0.05, 0.1) is 0 Å². The summed E-state index contributed by atoms with van der Waals surface area (Å²) in [5, 5.41) is 3.50. The quantitative estimate of drug-likeness (QED) is 0.845. The van der Waals surface area contributed by atoms with Gasteiger partial charge in [0.25, 0.3) is 0 Å². The number of benzene rings is 1. The summed E-state index contributed by atoms with van der Waals surface area (Å²) in [6.45, 7) is 5.79. The van der Waals surface area contributed by atoms with Crippen molar-refractivity contribution < 1.29 is 0 Å². The smallest absolute Gasteiger partial charge is 0.0332 e. The van der Waals surface area contributed by atoms with E-state index in [1.54, 1.807) is 0 Å². The second kappa shape index (κ2) is 7.95. The molecule has 1 unspecified atom stereocenters. The van der Waals surface area contributed by atoms with Crippen molar-refractivity contribution in [3.05, 3.63) is 35.4 Å². The largest absolute Gasteiger partial charge is 0.313 e. The number of nitrogens with zero attached hydrogens (tertiary/aromatic N) is 1. The Morgan fingerprint density at radius 2 is 1.86 bits per heavy atom. The molecule has 0 bridgehead atoms. The Hall–Kier alpha value is -0.860. The lowest BCUT2D eigenvalue weighted by Crippen LogP contribution is -2.36. The van der Waals surface area contributed by atoms with Crippen LogP contribution in [0.25, 0.3) is 0 Å². The van der Waals surface area contributed by atoms with Crippen molar-refractivity contribution in [1.29, 1.82) is 0 Å². The second-order valence-corrected chi connectivity index (χ2v) is 6.88. The van der Waals surface area contributed by atoms with Crippen molar-refractivity contribution in [2.75, 3.05) is 20.6 Å². The number of nitrogens with one attached hydrogen (secondary N) is 1. The van der Waals surface area contributed by atoms with Gasteiger partial charge in [0.2, 0.25) is 0 Å². The van der Waals surface area contributed by atoms with Crippen molar-refractivity contribution in [3.8, 4) is 0 Å². The van der Waals surface area contributed by atoms with Crippen LogP contribution in [0.2, 0.25) is 0 Å². The zero-order chi connectivity index (χ0) is 15.2. The monoisotopic (exact) mass is 288 g/mol. The van der Waals surface area contributed by atoms with Crippen LogP contribution in [-0.2, 0) is 0 Å². The molecule has 1 aliphatic rings. The summed E-state index contributed by atoms with van der Waals surface area (Å²) in [6.07, 6.45) is 6.76. The molecule has 2 heteroatoms. The third-order valence-electron chi connectivity index (χ3n) is 5.29. The summed E-state index contributed by atoms with van der Waals surface area (Å²) in [4.78, 5) is 2.59. The van der Waals surface area contributed by atoms with Gasteiger partial charge in [0.15, 0.2) is 0 Å². The Bertz CT molecular complexity index is 421. The number of hydrogen-bond donors (Lipinski definition) is 1. The molecule has 0 saturated heterocycles. The molecule has 1 aromatic rings. The van der Waals surface area contributed by atoms with E-state index in [4.69, 9.17) is 0 Å². The normalized spacial score (nSPS) is 24.2. The summed E-state index contributed by atoms with van der Waals surface area (Å²) in [6, 6.07) is 10.0. The fourth-order valence-corrected chi connectivity index (χ4v) is 3.63. The van der Waals surface area contributed by atoms with Gasteiger partial charge in [-0.1, -0.05) is 31.2 Å². The lowest BCUT2D eigenvalue weighted by Gasteiger charge is -2.34. The number of aryl methyl sites for hydroxylation is 1. The average Bonchev–Trinajstić information content (AvgIpc) is 2.50.